The lowest BCUT2D eigenvalue weighted by Gasteiger charge is -2.45. The van der Waals surface area contributed by atoms with Gasteiger partial charge in [0.1, 0.15) is 0 Å². The number of carbonyl (C=O) groups is 3. The van der Waals surface area contributed by atoms with Crippen LogP contribution >= 0.6 is 0 Å². The molecule has 2 N–H and O–H groups in total. The normalized spacial score (nSPS) is 29.1. The van der Waals surface area contributed by atoms with Crippen LogP contribution in [-0.4, -0.2) is 69.9 Å². The Bertz CT molecular complexity index is 762. The Balaban J connectivity index is 1.25. The van der Waals surface area contributed by atoms with Crippen molar-refractivity contribution in [3.8, 4) is 0 Å². The molecule has 29 heavy (non-hydrogen) atoms. The zero-order chi connectivity index (χ0) is 20.5. The predicted molar refractivity (Wildman–Crippen MR) is 108 cm³/mol. The van der Waals surface area contributed by atoms with Gasteiger partial charge in [0.2, 0.25) is 0 Å². The van der Waals surface area contributed by atoms with Crippen LogP contribution in [0.3, 0.4) is 0 Å². The standard InChI is InChI=1S/C22H29N3O4/c1-2-24(13-20(26)27)17-11-15(12-17)23-14-7-9-16(10-8-14)25-21(28)18-5-3-4-6-19(18)22(25)29/h3-6,14-17,23H,2,7-13H2,1H3,(H,26,27). The van der Waals surface area contributed by atoms with Crippen LogP contribution in [0.25, 0.3) is 0 Å². The van der Waals surface area contributed by atoms with E-state index in [-0.39, 0.29) is 24.4 Å². The number of nitrogens with zero attached hydrogens (tertiary/aromatic N) is 2. The van der Waals surface area contributed by atoms with Crippen molar-refractivity contribution in [1.29, 1.82) is 0 Å². The summed E-state index contributed by atoms with van der Waals surface area (Å²) in [5.41, 5.74) is 1.06. The van der Waals surface area contributed by atoms with E-state index in [4.69, 9.17) is 5.11 Å². The van der Waals surface area contributed by atoms with E-state index in [1.165, 1.54) is 4.90 Å². The van der Waals surface area contributed by atoms with E-state index in [2.05, 4.69) is 5.32 Å². The van der Waals surface area contributed by atoms with E-state index in [1.807, 2.05) is 11.8 Å². The first-order valence-corrected chi connectivity index (χ1v) is 10.7. The number of carboxylic acids is 1. The van der Waals surface area contributed by atoms with Gasteiger partial charge in [0.15, 0.2) is 0 Å². The third-order valence-electron chi connectivity index (χ3n) is 6.73. The molecule has 4 rings (SSSR count). The third-order valence-corrected chi connectivity index (χ3v) is 6.73. The van der Waals surface area contributed by atoms with E-state index < -0.39 is 5.97 Å². The van der Waals surface area contributed by atoms with E-state index in [0.29, 0.717) is 29.3 Å². The van der Waals surface area contributed by atoms with Crippen LogP contribution in [0.5, 0.6) is 0 Å². The third kappa shape index (κ3) is 3.94. The van der Waals surface area contributed by atoms with Crippen LogP contribution in [0, 0.1) is 0 Å². The summed E-state index contributed by atoms with van der Waals surface area (Å²) < 4.78 is 0. The van der Waals surface area contributed by atoms with Gasteiger partial charge in [0, 0.05) is 24.2 Å². The fraction of sp³-hybridized carbons (Fsp3) is 0.591. The van der Waals surface area contributed by atoms with Crippen molar-refractivity contribution in [2.75, 3.05) is 13.1 Å². The number of imide groups is 1. The van der Waals surface area contributed by atoms with Crippen LogP contribution in [-0.2, 0) is 4.79 Å². The average Bonchev–Trinajstić information content (AvgIpc) is 2.94. The first kappa shape index (κ1) is 20.0. The SMILES string of the molecule is CCN(CC(=O)O)C1CC(NC2CCC(N3C(=O)c4ccccc4C3=O)CC2)C1. The summed E-state index contributed by atoms with van der Waals surface area (Å²) in [6.07, 6.45) is 5.54. The molecule has 0 aromatic heterocycles. The predicted octanol–water partition coefficient (Wildman–Crippen LogP) is 2.12. The lowest BCUT2D eigenvalue weighted by atomic mass is 9.82. The molecule has 1 aromatic carbocycles. The number of fused-ring (bicyclic) bond motifs is 1. The highest BCUT2D eigenvalue weighted by Gasteiger charge is 2.41. The Morgan fingerprint density at radius 2 is 1.66 bits per heavy atom. The van der Waals surface area contributed by atoms with Crippen molar-refractivity contribution in [2.24, 2.45) is 0 Å². The van der Waals surface area contributed by atoms with Gasteiger partial charge in [-0.15, -0.1) is 0 Å². The Labute approximate surface area is 171 Å². The largest absolute Gasteiger partial charge is 0.480 e. The average molecular weight is 399 g/mol. The molecule has 7 nitrogen and oxygen atoms in total. The molecule has 2 saturated carbocycles. The number of hydrogen-bond donors (Lipinski definition) is 2. The number of nitrogens with one attached hydrogen (secondary N) is 1. The number of benzene rings is 1. The van der Waals surface area contributed by atoms with Crippen molar-refractivity contribution < 1.29 is 19.5 Å². The molecule has 0 saturated heterocycles. The summed E-state index contributed by atoms with van der Waals surface area (Å²) in [6, 6.07) is 8.25. The molecule has 7 heteroatoms. The van der Waals surface area contributed by atoms with Crippen molar-refractivity contribution >= 4 is 17.8 Å². The van der Waals surface area contributed by atoms with Gasteiger partial charge >= 0.3 is 5.97 Å². The second kappa shape index (κ2) is 8.24. The minimum Gasteiger partial charge on any atom is -0.480 e. The highest BCUT2D eigenvalue weighted by molar-refractivity contribution is 6.21. The molecule has 2 amide bonds. The summed E-state index contributed by atoms with van der Waals surface area (Å²) in [6.45, 7) is 2.87. The fourth-order valence-corrected chi connectivity index (χ4v) is 5.07. The molecule has 0 atom stereocenters. The Hall–Kier alpha value is -2.25. The van der Waals surface area contributed by atoms with Crippen LogP contribution in [0.4, 0.5) is 0 Å². The number of hydrogen-bond acceptors (Lipinski definition) is 5. The van der Waals surface area contributed by atoms with Crippen LogP contribution < -0.4 is 5.32 Å². The fourth-order valence-electron chi connectivity index (χ4n) is 5.07. The van der Waals surface area contributed by atoms with E-state index in [0.717, 1.165) is 45.1 Å². The number of carbonyl (C=O) groups excluding carboxylic acids is 2. The van der Waals surface area contributed by atoms with Crippen LogP contribution in [0.1, 0.15) is 66.2 Å². The minimum absolute atomic E-state index is 0.0132. The Kier molecular flexibility index (Phi) is 5.69. The summed E-state index contributed by atoms with van der Waals surface area (Å²) in [4.78, 5) is 39.8. The molecule has 0 radical (unpaired) electrons. The topological polar surface area (TPSA) is 90.0 Å². The first-order valence-electron chi connectivity index (χ1n) is 10.7. The maximum atomic E-state index is 12.7. The molecular formula is C22H29N3O4. The van der Waals surface area contributed by atoms with E-state index in [1.54, 1.807) is 24.3 Å². The zero-order valence-electron chi connectivity index (χ0n) is 16.8. The monoisotopic (exact) mass is 399 g/mol. The maximum Gasteiger partial charge on any atom is 0.317 e. The van der Waals surface area contributed by atoms with Gasteiger partial charge in [-0.1, -0.05) is 19.1 Å². The number of aliphatic carboxylic acids is 1. The highest BCUT2D eigenvalue weighted by Crippen LogP contribution is 2.32. The van der Waals surface area contributed by atoms with Gasteiger partial charge in [0.05, 0.1) is 17.7 Å². The van der Waals surface area contributed by atoms with E-state index >= 15 is 0 Å². The van der Waals surface area contributed by atoms with E-state index in [9.17, 15) is 14.4 Å². The van der Waals surface area contributed by atoms with Gasteiger partial charge in [0.25, 0.3) is 11.8 Å². The van der Waals surface area contributed by atoms with Crippen LogP contribution in [0.15, 0.2) is 24.3 Å². The number of likely N-dealkylation sites (N-methyl/N-ethyl adjacent to an activating group) is 1. The molecular weight excluding hydrogens is 370 g/mol. The molecule has 1 aliphatic heterocycles. The molecule has 1 heterocycles. The van der Waals surface area contributed by atoms with Crippen molar-refractivity contribution in [2.45, 2.75) is 69.6 Å². The summed E-state index contributed by atoms with van der Waals surface area (Å²) in [5.74, 6) is -1.07. The Morgan fingerprint density at radius 1 is 1.07 bits per heavy atom. The van der Waals surface area contributed by atoms with Crippen molar-refractivity contribution in [1.82, 2.24) is 15.1 Å². The Morgan fingerprint density at radius 3 is 2.17 bits per heavy atom. The lowest BCUT2D eigenvalue weighted by Crippen LogP contribution is -2.56. The number of amides is 2. The van der Waals surface area contributed by atoms with Gasteiger partial charge in [-0.25, -0.2) is 0 Å². The van der Waals surface area contributed by atoms with Crippen molar-refractivity contribution in [3.63, 3.8) is 0 Å². The van der Waals surface area contributed by atoms with Crippen LogP contribution in [0.2, 0.25) is 0 Å². The number of carboxylic acid groups (broad SMARTS) is 1. The lowest BCUT2D eigenvalue weighted by molar-refractivity contribution is -0.139. The molecule has 2 fully saturated rings. The summed E-state index contributed by atoms with van der Waals surface area (Å²) >= 11 is 0. The van der Waals surface area contributed by atoms with Crippen molar-refractivity contribution in [3.05, 3.63) is 35.4 Å². The molecule has 0 spiro atoms. The summed E-state index contributed by atoms with van der Waals surface area (Å²) in [7, 11) is 0. The molecule has 0 bridgehead atoms. The molecule has 3 aliphatic rings. The quantitative estimate of drug-likeness (QED) is 0.683. The van der Waals surface area contributed by atoms with Gasteiger partial charge in [-0.3, -0.25) is 24.2 Å². The smallest absolute Gasteiger partial charge is 0.317 e. The first-order chi connectivity index (χ1) is 14.0. The second-order valence-corrected chi connectivity index (χ2v) is 8.48. The number of rotatable bonds is 7. The molecule has 2 aliphatic carbocycles. The molecule has 1 aromatic rings. The molecule has 156 valence electrons. The van der Waals surface area contributed by atoms with Gasteiger partial charge in [-0.2, -0.15) is 0 Å². The maximum absolute atomic E-state index is 12.7. The second-order valence-electron chi connectivity index (χ2n) is 8.48. The minimum atomic E-state index is -0.769. The van der Waals surface area contributed by atoms with Gasteiger partial charge in [-0.05, 0) is 57.2 Å². The molecule has 0 unspecified atom stereocenters. The summed E-state index contributed by atoms with van der Waals surface area (Å²) in [5, 5.41) is 12.7. The highest BCUT2D eigenvalue weighted by atomic mass is 16.4. The van der Waals surface area contributed by atoms with Gasteiger partial charge < -0.3 is 10.4 Å². The zero-order valence-corrected chi connectivity index (χ0v) is 16.8.